The van der Waals surface area contributed by atoms with Gasteiger partial charge < -0.3 is 10.2 Å². The summed E-state index contributed by atoms with van der Waals surface area (Å²) in [4.78, 5) is 11.4. The molecule has 0 spiro atoms. The molecule has 0 amide bonds. The summed E-state index contributed by atoms with van der Waals surface area (Å²) in [6.45, 7) is 2.01. The second-order valence-electron chi connectivity index (χ2n) is 5.86. The summed E-state index contributed by atoms with van der Waals surface area (Å²) in [6, 6.07) is 7.95. The molecule has 0 heterocycles. The number of benzene rings is 1. The number of rotatable bonds is 5. The van der Waals surface area contributed by atoms with E-state index in [1.807, 2.05) is 31.2 Å². The Kier molecular flexibility index (Phi) is 4.25. The molecule has 3 nitrogen and oxygen atoms in total. The van der Waals surface area contributed by atoms with Gasteiger partial charge in [-0.15, -0.1) is 0 Å². The van der Waals surface area contributed by atoms with Gasteiger partial charge in [-0.3, -0.25) is 4.79 Å². The van der Waals surface area contributed by atoms with E-state index in [0.29, 0.717) is 12.8 Å². The molecule has 104 valence electrons. The van der Waals surface area contributed by atoms with Crippen LogP contribution in [0.15, 0.2) is 24.3 Å². The van der Waals surface area contributed by atoms with Gasteiger partial charge in [-0.2, -0.15) is 0 Å². The maximum Gasteiger partial charge on any atom is 0.306 e. The normalized spacial score (nSPS) is 19.3. The van der Waals surface area contributed by atoms with E-state index in [2.05, 4.69) is 0 Å². The maximum atomic E-state index is 11.4. The highest BCUT2D eigenvalue weighted by molar-refractivity contribution is 5.70. The van der Waals surface area contributed by atoms with Gasteiger partial charge >= 0.3 is 5.97 Å². The van der Waals surface area contributed by atoms with Gasteiger partial charge in [0.15, 0.2) is 0 Å². The number of aryl methyl sites for hydroxylation is 1. The van der Waals surface area contributed by atoms with E-state index in [0.717, 1.165) is 31.2 Å². The van der Waals surface area contributed by atoms with Crippen LogP contribution in [0.1, 0.15) is 43.2 Å². The Morgan fingerprint density at radius 3 is 2.37 bits per heavy atom. The van der Waals surface area contributed by atoms with Crippen molar-refractivity contribution in [2.75, 3.05) is 0 Å². The Morgan fingerprint density at radius 2 is 1.84 bits per heavy atom. The van der Waals surface area contributed by atoms with Gasteiger partial charge in [0.25, 0.3) is 0 Å². The van der Waals surface area contributed by atoms with Crippen LogP contribution >= 0.6 is 0 Å². The molecular weight excluding hydrogens is 240 g/mol. The zero-order valence-electron chi connectivity index (χ0n) is 11.4. The predicted octanol–water partition coefficient (Wildman–Crippen LogP) is 2.93. The quantitative estimate of drug-likeness (QED) is 0.857. The van der Waals surface area contributed by atoms with Crippen LogP contribution in [0.25, 0.3) is 0 Å². The lowest BCUT2D eigenvalue weighted by molar-refractivity contribution is -0.144. The third-order valence-electron chi connectivity index (χ3n) is 4.11. The fourth-order valence-electron chi connectivity index (χ4n) is 2.95. The van der Waals surface area contributed by atoms with E-state index >= 15 is 0 Å². The number of hydrogen-bond acceptors (Lipinski definition) is 2. The van der Waals surface area contributed by atoms with Crippen molar-refractivity contribution >= 4 is 5.97 Å². The van der Waals surface area contributed by atoms with Crippen molar-refractivity contribution in [3.63, 3.8) is 0 Å². The molecule has 1 atom stereocenters. The monoisotopic (exact) mass is 262 g/mol. The second-order valence-corrected chi connectivity index (χ2v) is 5.86. The Morgan fingerprint density at radius 1 is 1.26 bits per heavy atom. The number of carboxylic acids is 1. The lowest BCUT2D eigenvalue weighted by Crippen LogP contribution is -2.32. The zero-order chi connectivity index (χ0) is 13.9. The minimum absolute atomic E-state index is 0.371. The van der Waals surface area contributed by atoms with Crippen molar-refractivity contribution in [3.8, 4) is 0 Å². The first-order valence-electron chi connectivity index (χ1n) is 6.99. The summed E-state index contributed by atoms with van der Waals surface area (Å²) in [5, 5.41) is 19.7. The van der Waals surface area contributed by atoms with Crippen LogP contribution in [0.5, 0.6) is 0 Å². The van der Waals surface area contributed by atoms with Crippen molar-refractivity contribution in [2.24, 2.45) is 5.92 Å². The average molecular weight is 262 g/mol. The van der Waals surface area contributed by atoms with Crippen LogP contribution in [-0.2, 0) is 11.2 Å². The fourth-order valence-corrected chi connectivity index (χ4v) is 2.95. The minimum Gasteiger partial charge on any atom is -0.481 e. The number of carboxylic acid groups (broad SMARTS) is 1. The zero-order valence-corrected chi connectivity index (χ0v) is 11.4. The first-order chi connectivity index (χ1) is 8.98. The van der Waals surface area contributed by atoms with E-state index in [4.69, 9.17) is 0 Å². The van der Waals surface area contributed by atoms with Crippen molar-refractivity contribution in [1.82, 2.24) is 0 Å². The van der Waals surface area contributed by atoms with E-state index in [-0.39, 0.29) is 0 Å². The Balaban J connectivity index is 2.04. The summed E-state index contributed by atoms with van der Waals surface area (Å²) in [5.74, 6) is -1.30. The molecule has 1 aromatic rings. The Labute approximate surface area is 114 Å². The summed E-state index contributed by atoms with van der Waals surface area (Å²) in [5.41, 5.74) is 1.44. The molecule has 1 saturated carbocycles. The van der Waals surface area contributed by atoms with Gasteiger partial charge in [0, 0.05) is 0 Å². The topological polar surface area (TPSA) is 57.5 Å². The SMILES string of the molecule is Cc1ccc(CC(CC2(O)CCCC2)C(=O)O)cc1. The molecule has 19 heavy (non-hydrogen) atoms. The standard InChI is InChI=1S/C16H22O3/c1-12-4-6-13(7-5-12)10-14(15(17)18)11-16(19)8-2-3-9-16/h4-7,14,19H,2-3,8-11H2,1H3,(H,17,18). The van der Waals surface area contributed by atoms with E-state index in [9.17, 15) is 15.0 Å². The number of aliphatic hydroxyl groups is 1. The molecule has 2 N–H and O–H groups in total. The van der Waals surface area contributed by atoms with E-state index in [1.165, 1.54) is 5.56 Å². The van der Waals surface area contributed by atoms with Crippen LogP contribution in [-0.4, -0.2) is 21.8 Å². The second kappa shape index (κ2) is 5.74. The summed E-state index contributed by atoms with van der Waals surface area (Å²) < 4.78 is 0. The van der Waals surface area contributed by atoms with Gasteiger partial charge in [0.05, 0.1) is 11.5 Å². The smallest absolute Gasteiger partial charge is 0.306 e. The van der Waals surface area contributed by atoms with Gasteiger partial charge in [-0.1, -0.05) is 42.7 Å². The van der Waals surface area contributed by atoms with Crippen LogP contribution in [0.3, 0.4) is 0 Å². The van der Waals surface area contributed by atoms with Gasteiger partial charge in [-0.25, -0.2) is 0 Å². The number of aliphatic carboxylic acids is 1. The highest BCUT2D eigenvalue weighted by Crippen LogP contribution is 2.35. The average Bonchev–Trinajstić information content (AvgIpc) is 2.78. The fraction of sp³-hybridized carbons (Fsp3) is 0.562. The lowest BCUT2D eigenvalue weighted by Gasteiger charge is -2.26. The van der Waals surface area contributed by atoms with Crippen LogP contribution in [0, 0.1) is 12.8 Å². The highest BCUT2D eigenvalue weighted by atomic mass is 16.4. The van der Waals surface area contributed by atoms with Crippen molar-refractivity contribution in [3.05, 3.63) is 35.4 Å². The number of carbonyl (C=O) groups is 1. The molecule has 0 bridgehead atoms. The first-order valence-corrected chi connectivity index (χ1v) is 6.99. The predicted molar refractivity (Wildman–Crippen MR) is 74.0 cm³/mol. The van der Waals surface area contributed by atoms with Gasteiger partial charge in [0.1, 0.15) is 0 Å². The molecule has 1 aromatic carbocycles. The largest absolute Gasteiger partial charge is 0.481 e. The van der Waals surface area contributed by atoms with Gasteiger partial charge in [-0.05, 0) is 38.2 Å². The molecule has 0 saturated heterocycles. The molecule has 0 aromatic heterocycles. The van der Waals surface area contributed by atoms with Gasteiger partial charge in [0.2, 0.25) is 0 Å². The molecule has 1 aliphatic carbocycles. The molecule has 0 aliphatic heterocycles. The van der Waals surface area contributed by atoms with Crippen LogP contribution in [0.2, 0.25) is 0 Å². The summed E-state index contributed by atoms with van der Waals surface area (Å²) >= 11 is 0. The van der Waals surface area contributed by atoms with Crippen molar-refractivity contribution in [1.29, 1.82) is 0 Å². The lowest BCUT2D eigenvalue weighted by atomic mass is 9.85. The molecule has 2 rings (SSSR count). The minimum atomic E-state index is -0.805. The molecule has 1 unspecified atom stereocenters. The highest BCUT2D eigenvalue weighted by Gasteiger charge is 2.36. The van der Waals surface area contributed by atoms with Crippen LogP contribution < -0.4 is 0 Å². The molecule has 0 radical (unpaired) electrons. The molecule has 3 heteroatoms. The molecule has 1 fully saturated rings. The Bertz CT molecular complexity index is 430. The molecule has 1 aliphatic rings. The third-order valence-corrected chi connectivity index (χ3v) is 4.11. The van der Waals surface area contributed by atoms with Crippen LogP contribution in [0.4, 0.5) is 0 Å². The molecular formula is C16H22O3. The van der Waals surface area contributed by atoms with Crippen molar-refractivity contribution < 1.29 is 15.0 Å². The Hall–Kier alpha value is -1.35. The number of hydrogen-bond donors (Lipinski definition) is 2. The summed E-state index contributed by atoms with van der Waals surface area (Å²) in [7, 11) is 0. The third kappa shape index (κ3) is 3.80. The van der Waals surface area contributed by atoms with Crippen molar-refractivity contribution in [2.45, 2.75) is 51.0 Å². The summed E-state index contributed by atoms with van der Waals surface area (Å²) in [6.07, 6.45) is 4.37. The first kappa shape index (κ1) is 14.1. The maximum absolute atomic E-state index is 11.4. The van der Waals surface area contributed by atoms with E-state index < -0.39 is 17.5 Å². The van der Waals surface area contributed by atoms with E-state index in [1.54, 1.807) is 0 Å².